The Bertz CT molecular complexity index is 1290. The molecule has 0 N–H and O–H groups in total. The van der Waals surface area contributed by atoms with Crippen molar-refractivity contribution in [2.24, 2.45) is 0 Å². The third-order valence-electron chi connectivity index (χ3n) is 4.96. The Labute approximate surface area is 210 Å². The third-order valence-corrected chi connectivity index (χ3v) is 8.04. The van der Waals surface area contributed by atoms with E-state index in [-0.39, 0.29) is 24.8 Å². The summed E-state index contributed by atoms with van der Waals surface area (Å²) >= 11 is -0.820. The SMILES string of the molecule is Cc1cc([CH]=[Ti]([O]c2cccc3ccccc23)[O]c2cccc3ccccc23)cs1.Cl.Cl. The fourth-order valence-corrected chi connectivity index (χ4v) is 6.56. The van der Waals surface area contributed by atoms with Crippen LogP contribution in [0, 0.1) is 6.92 Å². The molecule has 1 aromatic heterocycles. The normalized spacial score (nSPS) is 10.2. The number of rotatable bonds is 5. The van der Waals surface area contributed by atoms with Crippen LogP contribution >= 0.6 is 36.2 Å². The monoisotopic (exact) mass is 516 g/mol. The van der Waals surface area contributed by atoms with Crippen LogP contribution in [0.5, 0.6) is 11.5 Å². The van der Waals surface area contributed by atoms with Crippen molar-refractivity contribution in [2.75, 3.05) is 0 Å². The van der Waals surface area contributed by atoms with Crippen molar-refractivity contribution in [1.82, 2.24) is 0 Å². The van der Waals surface area contributed by atoms with Crippen LogP contribution in [0.2, 0.25) is 0 Å². The van der Waals surface area contributed by atoms with Crippen molar-refractivity contribution in [2.45, 2.75) is 6.92 Å². The molecule has 5 aromatic rings. The van der Waals surface area contributed by atoms with E-state index in [4.69, 9.17) is 6.64 Å². The summed E-state index contributed by atoms with van der Waals surface area (Å²) in [4.78, 5) is 1.29. The molecule has 5 rings (SSSR count). The van der Waals surface area contributed by atoms with E-state index in [0.717, 1.165) is 22.3 Å². The van der Waals surface area contributed by atoms with Gasteiger partial charge in [0.05, 0.1) is 0 Å². The van der Waals surface area contributed by atoms with E-state index in [9.17, 15) is 0 Å². The van der Waals surface area contributed by atoms with E-state index in [1.807, 2.05) is 36.4 Å². The molecule has 1 heterocycles. The van der Waals surface area contributed by atoms with Crippen LogP contribution in [0.1, 0.15) is 10.4 Å². The quantitative estimate of drug-likeness (QED) is 0.220. The number of halogens is 2. The zero-order chi connectivity index (χ0) is 20.3. The molecule has 0 atom stereocenters. The smallest absolute Gasteiger partial charge is 0.147 e. The van der Waals surface area contributed by atoms with Crippen molar-refractivity contribution < 1.29 is 24.8 Å². The minimum atomic E-state index is -2.57. The summed E-state index contributed by atoms with van der Waals surface area (Å²) in [6.45, 7) is 2.12. The molecule has 6 heteroatoms. The Balaban J connectivity index is 0.00000144. The average Bonchev–Trinajstić information content (AvgIpc) is 3.19. The van der Waals surface area contributed by atoms with Crippen molar-refractivity contribution in [3.05, 3.63) is 107 Å². The maximum absolute atomic E-state index is 6.59. The Kier molecular flexibility index (Phi) is 8.53. The van der Waals surface area contributed by atoms with Crippen LogP contribution in [0.4, 0.5) is 0 Å². The molecule has 32 heavy (non-hydrogen) atoms. The predicted octanol–water partition coefficient (Wildman–Crippen LogP) is 7.96. The van der Waals surface area contributed by atoms with Gasteiger partial charge < -0.3 is 0 Å². The zero-order valence-electron chi connectivity index (χ0n) is 17.4. The second kappa shape index (κ2) is 11.1. The maximum Gasteiger partial charge on any atom is -0.147 e. The molecule has 0 aliphatic heterocycles. The van der Waals surface area contributed by atoms with Crippen LogP contribution in [0.15, 0.2) is 96.4 Å². The number of thiophene rings is 1. The largest absolute Gasteiger partial charge is 0.147 e. The van der Waals surface area contributed by atoms with Crippen molar-refractivity contribution >= 4 is 62.0 Å². The first kappa shape index (κ1) is 24.5. The molecule has 0 amide bonds. The van der Waals surface area contributed by atoms with Gasteiger partial charge in [-0.05, 0) is 0 Å². The molecule has 0 saturated heterocycles. The Morgan fingerprint density at radius 2 is 1.19 bits per heavy atom. The van der Waals surface area contributed by atoms with Gasteiger partial charge in [-0.25, -0.2) is 0 Å². The molecule has 0 radical (unpaired) electrons. The minimum absolute atomic E-state index is 0. The van der Waals surface area contributed by atoms with Crippen LogP contribution in [-0.2, 0) is 18.2 Å². The van der Waals surface area contributed by atoms with E-state index >= 15 is 0 Å². The van der Waals surface area contributed by atoms with E-state index in [0.29, 0.717) is 0 Å². The van der Waals surface area contributed by atoms with E-state index in [1.54, 1.807) is 11.3 Å². The second-order valence-corrected chi connectivity index (χ2v) is 10.3. The number of aryl methyl sites for hydroxylation is 1. The van der Waals surface area contributed by atoms with Gasteiger partial charge in [0.1, 0.15) is 0 Å². The summed E-state index contributed by atoms with van der Waals surface area (Å²) < 4.78 is 15.4. The molecule has 4 aromatic carbocycles. The van der Waals surface area contributed by atoms with Crippen molar-refractivity contribution in [1.29, 1.82) is 0 Å². The topological polar surface area (TPSA) is 18.5 Å². The summed E-state index contributed by atoms with van der Waals surface area (Å²) in [5.41, 5.74) is 1.17. The van der Waals surface area contributed by atoms with Gasteiger partial charge in [0.2, 0.25) is 0 Å². The zero-order valence-corrected chi connectivity index (χ0v) is 21.4. The molecule has 0 unspecified atom stereocenters. The summed E-state index contributed by atoms with van der Waals surface area (Å²) in [5.74, 6) is 1.76. The fraction of sp³-hybridized carbons (Fsp3) is 0.0385. The maximum atomic E-state index is 6.59. The Hall–Kier alpha value is -2.14. The van der Waals surface area contributed by atoms with Gasteiger partial charge in [-0.15, -0.1) is 24.8 Å². The molecule has 0 bridgehead atoms. The molecule has 0 fully saturated rings. The molecular weight excluding hydrogens is 495 g/mol. The molecular formula is C26H22Cl2O2STi. The summed E-state index contributed by atoms with van der Waals surface area (Å²) in [5, 5.41) is 6.73. The van der Waals surface area contributed by atoms with Crippen molar-refractivity contribution in [3.8, 4) is 11.5 Å². The minimum Gasteiger partial charge on any atom is -0.147 e. The van der Waals surface area contributed by atoms with Crippen LogP contribution < -0.4 is 6.64 Å². The number of benzene rings is 4. The van der Waals surface area contributed by atoms with Gasteiger partial charge in [-0.2, -0.15) is 0 Å². The summed E-state index contributed by atoms with van der Waals surface area (Å²) in [6.07, 6.45) is 0. The first-order valence-electron chi connectivity index (χ1n) is 9.84. The number of hydrogen-bond donors (Lipinski definition) is 0. The average molecular weight is 517 g/mol. The Morgan fingerprint density at radius 1 is 0.688 bits per heavy atom. The molecule has 0 spiro atoms. The second-order valence-electron chi connectivity index (χ2n) is 7.11. The molecule has 2 nitrogen and oxygen atoms in total. The van der Waals surface area contributed by atoms with Gasteiger partial charge in [-0.1, -0.05) is 0 Å². The molecule has 0 aliphatic carbocycles. The van der Waals surface area contributed by atoms with Gasteiger partial charge >= 0.3 is 187 Å². The summed E-state index contributed by atoms with van der Waals surface area (Å²) in [7, 11) is 0. The van der Waals surface area contributed by atoms with Gasteiger partial charge in [0, 0.05) is 0 Å². The first-order chi connectivity index (χ1) is 14.8. The van der Waals surface area contributed by atoms with Crippen molar-refractivity contribution in [3.63, 3.8) is 0 Å². The van der Waals surface area contributed by atoms with Gasteiger partial charge in [0.15, 0.2) is 0 Å². The predicted molar refractivity (Wildman–Crippen MR) is 138 cm³/mol. The third kappa shape index (κ3) is 5.43. The van der Waals surface area contributed by atoms with Crippen LogP contribution in [-0.4, -0.2) is 4.31 Å². The first-order valence-corrected chi connectivity index (χ1v) is 12.9. The molecule has 0 aliphatic rings. The number of fused-ring (bicyclic) bond motifs is 2. The van der Waals surface area contributed by atoms with E-state index in [1.165, 1.54) is 21.2 Å². The fourth-order valence-electron chi connectivity index (χ4n) is 3.54. The molecule has 0 saturated carbocycles. The molecule has 162 valence electrons. The standard InChI is InChI=1S/2C10H8O.C6H6S.2ClH.Ti/c2*11-10-7-3-5-8-4-1-2-6-9(8)10;1-5-3-6(2)7-4-5;;;/h2*1-7,11H;1,3-4H,2H3;2*1H;/q;;;;;+2/p-2. The number of hydrogen-bond acceptors (Lipinski definition) is 3. The Morgan fingerprint density at radius 3 is 1.69 bits per heavy atom. The van der Waals surface area contributed by atoms with Crippen LogP contribution in [0.25, 0.3) is 21.5 Å². The van der Waals surface area contributed by atoms with E-state index in [2.05, 4.69) is 71.2 Å². The summed E-state index contributed by atoms with van der Waals surface area (Å²) in [6, 6.07) is 31.2. The van der Waals surface area contributed by atoms with Gasteiger partial charge in [-0.3, -0.25) is 0 Å². The van der Waals surface area contributed by atoms with Gasteiger partial charge in [0.25, 0.3) is 0 Å². The van der Waals surface area contributed by atoms with Crippen LogP contribution in [0.3, 0.4) is 0 Å². The van der Waals surface area contributed by atoms with E-state index < -0.39 is 18.2 Å².